The number of ether oxygens (including phenoxy) is 1. The number of nitrogens with one attached hydrogen (secondary N) is 1. The Kier molecular flexibility index (Phi) is 4.29. The lowest BCUT2D eigenvalue weighted by Gasteiger charge is -2.35. The van der Waals surface area contributed by atoms with E-state index in [1.807, 2.05) is 14.2 Å². The van der Waals surface area contributed by atoms with E-state index in [0.717, 1.165) is 31.2 Å². The summed E-state index contributed by atoms with van der Waals surface area (Å²) in [6, 6.07) is 17.9. The summed E-state index contributed by atoms with van der Waals surface area (Å²) in [7, 11) is 3.92. The molecule has 2 fully saturated rings. The van der Waals surface area contributed by atoms with Crippen molar-refractivity contribution in [2.45, 2.75) is 37.2 Å². The third kappa shape index (κ3) is 2.63. The highest BCUT2D eigenvalue weighted by molar-refractivity contribution is 5.50. The Labute approximate surface area is 169 Å². The van der Waals surface area contributed by atoms with Gasteiger partial charge in [-0.15, -0.1) is 0 Å². The maximum Gasteiger partial charge on any atom is 0.0885 e. The van der Waals surface area contributed by atoms with Gasteiger partial charge in [0.1, 0.15) is 0 Å². The molecule has 3 atom stereocenters. The zero-order valence-corrected chi connectivity index (χ0v) is 17.4. The summed E-state index contributed by atoms with van der Waals surface area (Å²) in [5.41, 5.74) is 6.06. The molecular weight excluding hydrogens is 344 g/mol. The maximum atomic E-state index is 6.14. The lowest BCUT2D eigenvalue weighted by atomic mass is 9.87. The summed E-state index contributed by atoms with van der Waals surface area (Å²) in [5, 5.41) is 3.31. The summed E-state index contributed by atoms with van der Waals surface area (Å²) in [4.78, 5) is 2.68. The highest BCUT2D eigenvalue weighted by Crippen LogP contribution is 2.65. The van der Waals surface area contributed by atoms with Crippen molar-refractivity contribution in [1.29, 1.82) is 0 Å². The molecule has 0 unspecified atom stereocenters. The largest absolute Gasteiger partial charge is 0.388 e. The van der Waals surface area contributed by atoms with Gasteiger partial charge in [0.15, 0.2) is 0 Å². The Morgan fingerprint density at radius 2 is 1.71 bits per heavy atom. The fourth-order valence-corrected chi connectivity index (χ4v) is 6.45. The summed E-state index contributed by atoms with van der Waals surface area (Å²) in [5.74, 6) is 1.59. The van der Waals surface area contributed by atoms with Gasteiger partial charge >= 0.3 is 0 Å². The van der Waals surface area contributed by atoms with Gasteiger partial charge in [0.25, 0.3) is 0 Å². The van der Waals surface area contributed by atoms with E-state index in [4.69, 9.17) is 4.74 Å². The minimum atomic E-state index is -0.0403. The smallest absolute Gasteiger partial charge is 0.0885 e. The molecule has 2 aromatic rings. The van der Waals surface area contributed by atoms with E-state index in [2.05, 4.69) is 65.7 Å². The number of anilines is 1. The number of likely N-dealkylation sites (tertiary alicyclic amines) is 1. The molecule has 0 bridgehead atoms. The first-order valence-electron chi connectivity index (χ1n) is 10.8. The lowest BCUT2D eigenvalue weighted by Crippen LogP contribution is -2.46. The topological polar surface area (TPSA) is 24.5 Å². The number of methoxy groups -OCH3 is 1. The highest BCUT2D eigenvalue weighted by atomic mass is 16.5. The van der Waals surface area contributed by atoms with Crippen molar-refractivity contribution in [2.75, 3.05) is 39.1 Å². The molecule has 3 heteroatoms. The van der Waals surface area contributed by atoms with Gasteiger partial charge in [0.2, 0.25) is 0 Å². The second-order valence-electron chi connectivity index (χ2n) is 9.14. The zero-order valence-electron chi connectivity index (χ0n) is 17.4. The van der Waals surface area contributed by atoms with E-state index in [1.165, 1.54) is 41.9 Å². The van der Waals surface area contributed by atoms with E-state index in [1.54, 1.807) is 0 Å². The molecule has 3 aliphatic rings. The molecule has 5 rings (SSSR count). The van der Waals surface area contributed by atoms with Crippen molar-refractivity contribution in [2.24, 2.45) is 11.8 Å². The van der Waals surface area contributed by atoms with Crippen LogP contribution in [0.4, 0.5) is 5.69 Å². The quantitative estimate of drug-likeness (QED) is 0.821. The maximum absolute atomic E-state index is 6.14. The van der Waals surface area contributed by atoms with Crippen molar-refractivity contribution in [1.82, 2.24) is 4.90 Å². The number of fused-ring (bicyclic) bond motifs is 2. The Hall–Kier alpha value is -1.84. The Bertz CT molecular complexity index is 839. The zero-order chi connectivity index (χ0) is 19.4. The van der Waals surface area contributed by atoms with Crippen molar-refractivity contribution >= 4 is 5.69 Å². The number of piperidine rings is 1. The van der Waals surface area contributed by atoms with Crippen LogP contribution in [0.25, 0.3) is 0 Å². The van der Waals surface area contributed by atoms with E-state index >= 15 is 0 Å². The average Bonchev–Trinajstić information content (AvgIpc) is 3.02. The Morgan fingerprint density at radius 1 is 1.04 bits per heavy atom. The van der Waals surface area contributed by atoms with Gasteiger partial charge < -0.3 is 10.1 Å². The van der Waals surface area contributed by atoms with Crippen LogP contribution >= 0.6 is 0 Å². The fraction of sp³-hybridized carbons (Fsp3) is 0.520. The van der Waals surface area contributed by atoms with Crippen LogP contribution in [-0.4, -0.2) is 44.3 Å². The van der Waals surface area contributed by atoms with Gasteiger partial charge in [-0.25, -0.2) is 0 Å². The van der Waals surface area contributed by atoms with Gasteiger partial charge in [0.05, 0.1) is 5.60 Å². The van der Waals surface area contributed by atoms with Gasteiger partial charge in [0, 0.05) is 57.7 Å². The van der Waals surface area contributed by atoms with E-state index in [0.29, 0.717) is 5.41 Å². The predicted octanol–water partition coefficient (Wildman–Crippen LogP) is 4.12. The van der Waals surface area contributed by atoms with E-state index in [9.17, 15) is 0 Å². The molecule has 1 saturated carbocycles. The second-order valence-corrected chi connectivity index (χ2v) is 9.14. The van der Waals surface area contributed by atoms with E-state index < -0.39 is 0 Å². The summed E-state index contributed by atoms with van der Waals surface area (Å²) in [6.07, 6.45) is 3.34. The van der Waals surface area contributed by atoms with Crippen LogP contribution < -0.4 is 5.32 Å². The first-order valence-corrected chi connectivity index (χ1v) is 10.8. The van der Waals surface area contributed by atoms with Gasteiger partial charge in [-0.05, 0) is 47.1 Å². The minimum Gasteiger partial charge on any atom is -0.388 e. The number of benzene rings is 2. The standard InChI is InChI=1S/C25H32N2O/c1-4-25(20-10-7-11-21(12-20)26-2)22-15-27(16-23(22)25)17-24(28-3)13-18-8-5-6-9-19(18)14-24/h5-12,22-23,26H,4,13-17H2,1-3H3/t22-,23+,25+. The number of hydrogen-bond acceptors (Lipinski definition) is 3. The van der Waals surface area contributed by atoms with Crippen LogP contribution in [0.3, 0.4) is 0 Å². The van der Waals surface area contributed by atoms with Crippen LogP contribution in [0, 0.1) is 11.8 Å². The van der Waals surface area contributed by atoms with Crippen LogP contribution in [0.15, 0.2) is 48.5 Å². The van der Waals surface area contributed by atoms with Crippen LogP contribution in [-0.2, 0) is 23.0 Å². The van der Waals surface area contributed by atoms with Crippen LogP contribution in [0.2, 0.25) is 0 Å². The van der Waals surface area contributed by atoms with Crippen LogP contribution in [0.5, 0.6) is 0 Å². The predicted molar refractivity (Wildman–Crippen MR) is 115 cm³/mol. The summed E-state index contributed by atoms with van der Waals surface area (Å²) < 4.78 is 6.14. The molecular formula is C25H32N2O. The van der Waals surface area contributed by atoms with Crippen molar-refractivity contribution in [3.8, 4) is 0 Å². The minimum absolute atomic E-state index is 0.0403. The van der Waals surface area contributed by atoms with Crippen molar-refractivity contribution in [3.63, 3.8) is 0 Å². The lowest BCUT2D eigenvalue weighted by molar-refractivity contribution is -0.0276. The summed E-state index contributed by atoms with van der Waals surface area (Å²) >= 11 is 0. The molecule has 1 aliphatic heterocycles. The van der Waals surface area contributed by atoms with Crippen molar-refractivity contribution in [3.05, 3.63) is 65.2 Å². The molecule has 148 valence electrons. The third-order valence-corrected chi connectivity index (χ3v) is 7.97. The molecule has 0 radical (unpaired) electrons. The average molecular weight is 377 g/mol. The number of nitrogens with zero attached hydrogens (tertiary/aromatic N) is 1. The van der Waals surface area contributed by atoms with Crippen LogP contribution in [0.1, 0.15) is 30.0 Å². The molecule has 0 aromatic heterocycles. The molecule has 1 heterocycles. The highest BCUT2D eigenvalue weighted by Gasteiger charge is 2.67. The summed E-state index contributed by atoms with van der Waals surface area (Å²) in [6.45, 7) is 5.86. The Balaban J connectivity index is 1.30. The first kappa shape index (κ1) is 18.2. The molecule has 2 aromatic carbocycles. The fourth-order valence-electron chi connectivity index (χ4n) is 6.45. The van der Waals surface area contributed by atoms with E-state index in [-0.39, 0.29) is 5.60 Å². The van der Waals surface area contributed by atoms with Gasteiger partial charge in [-0.1, -0.05) is 43.3 Å². The Morgan fingerprint density at radius 3 is 2.29 bits per heavy atom. The van der Waals surface area contributed by atoms with Crippen molar-refractivity contribution < 1.29 is 4.74 Å². The molecule has 2 aliphatic carbocycles. The second kappa shape index (κ2) is 6.60. The molecule has 1 N–H and O–H groups in total. The molecule has 28 heavy (non-hydrogen) atoms. The SMILES string of the molecule is CC[C@]1(c2cccc(NC)c2)[C@@H]2CN(CC3(OC)Cc4ccccc4C3)C[C@@H]21. The normalized spacial score (nSPS) is 30.1. The third-order valence-electron chi connectivity index (χ3n) is 7.97. The number of rotatable bonds is 6. The molecule has 0 spiro atoms. The molecule has 3 nitrogen and oxygen atoms in total. The first-order chi connectivity index (χ1) is 13.6. The van der Waals surface area contributed by atoms with Gasteiger partial charge in [-0.3, -0.25) is 4.90 Å². The number of hydrogen-bond donors (Lipinski definition) is 1. The molecule has 1 saturated heterocycles. The molecule has 0 amide bonds. The monoisotopic (exact) mass is 376 g/mol. The van der Waals surface area contributed by atoms with Gasteiger partial charge in [-0.2, -0.15) is 0 Å².